The number of aromatic nitrogens is 1. The van der Waals surface area contributed by atoms with Crippen LogP contribution in [-0.2, 0) is 11.3 Å². The minimum absolute atomic E-state index is 0. The summed E-state index contributed by atoms with van der Waals surface area (Å²) >= 11 is 0. The summed E-state index contributed by atoms with van der Waals surface area (Å²) in [5.74, 6) is 2.17. The Hall–Kier alpha value is -0.870. The number of rotatable bonds is 5. The van der Waals surface area contributed by atoms with E-state index in [0.717, 1.165) is 63.4 Å². The van der Waals surface area contributed by atoms with Crippen molar-refractivity contribution in [3.8, 4) is 0 Å². The SMILES string of the molecule is CCNC(=NCc1cc(C(C)C)no1)N1CCC(N2CCOCC2)C1.I. The largest absolute Gasteiger partial charge is 0.379 e. The fraction of sp³-hybridized carbons (Fsp3) is 0.778. The maximum atomic E-state index is 5.47. The molecule has 1 N–H and O–H groups in total. The van der Waals surface area contributed by atoms with E-state index in [9.17, 15) is 0 Å². The van der Waals surface area contributed by atoms with E-state index in [0.29, 0.717) is 18.5 Å². The Balaban J connectivity index is 0.00000243. The van der Waals surface area contributed by atoms with Crippen molar-refractivity contribution in [1.82, 2.24) is 20.3 Å². The molecule has 1 unspecified atom stereocenters. The summed E-state index contributed by atoms with van der Waals surface area (Å²) in [6.07, 6.45) is 1.18. The smallest absolute Gasteiger partial charge is 0.194 e. The predicted molar refractivity (Wildman–Crippen MR) is 113 cm³/mol. The van der Waals surface area contributed by atoms with Gasteiger partial charge in [0, 0.05) is 44.8 Å². The van der Waals surface area contributed by atoms with E-state index in [-0.39, 0.29) is 24.0 Å². The second kappa shape index (κ2) is 10.5. The zero-order valence-corrected chi connectivity index (χ0v) is 18.4. The van der Waals surface area contributed by atoms with Crippen LogP contribution in [0.5, 0.6) is 0 Å². The highest BCUT2D eigenvalue weighted by Gasteiger charge is 2.30. The number of hydrogen-bond donors (Lipinski definition) is 1. The van der Waals surface area contributed by atoms with Gasteiger partial charge in [0.25, 0.3) is 0 Å². The van der Waals surface area contributed by atoms with Crippen LogP contribution in [0.3, 0.4) is 0 Å². The lowest BCUT2D eigenvalue weighted by Crippen LogP contribution is -2.46. The van der Waals surface area contributed by atoms with E-state index < -0.39 is 0 Å². The van der Waals surface area contributed by atoms with Gasteiger partial charge >= 0.3 is 0 Å². The van der Waals surface area contributed by atoms with Gasteiger partial charge in [0.05, 0.1) is 18.9 Å². The zero-order valence-electron chi connectivity index (χ0n) is 16.1. The molecule has 2 aliphatic heterocycles. The molecule has 0 aromatic carbocycles. The summed E-state index contributed by atoms with van der Waals surface area (Å²) in [4.78, 5) is 9.69. The van der Waals surface area contributed by atoms with Crippen LogP contribution in [-0.4, -0.2) is 72.9 Å². The van der Waals surface area contributed by atoms with Gasteiger partial charge in [-0.25, -0.2) is 4.99 Å². The minimum Gasteiger partial charge on any atom is -0.379 e. The lowest BCUT2D eigenvalue weighted by atomic mass is 10.1. The molecule has 0 bridgehead atoms. The fourth-order valence-electron chi connectivity index (χ4n) is 3.43. The van der Waals surface area contributed by atoms with Gasteiger partial charge in [0.15, 0.2) is 11.7 Å². The monoisotopic (exact) mass is 477 g/mol. The first-order valence-electron chi connectivity index (χ1n) is 9.48. The van der Waals surface area contributed by atoms with E-state index in [1.165, 1.54) is 6.42 Å². The average Bonchev–Trinajstić information content (AvgIpc) is 3.29. The van der Waals surface area contributed by atoms with Crippen LogP contribution in [0.4, 0.5) is 0 Å². The lowest BCUT2D eigenvalue weighted by molar-refractivity contribution is 0.0195. The van der Waals surface area contributed by atoms with Crippen molar-refractivity contribution in [2.75, 3.05) is 45.9 Å². The standard InChI is InChI=1S/C18H31N5O2.HI/c1-4-19-18(20-12-16-11-17(14(2)3)21-25-16)23-6-5-15(13-23)22-7-9-24-10-8-22;/h11,14-15H,4-10,12-13H2,1-3H3,(H,19,20);1H. The van der Waals surface area contributed by atoms with E-state index in [1.807, 2.05) is 6.07 Å². The molecule has 1 atom stereocenters. The second-order valence-corrected chi connectivity index (χ2v) is 7.08. The zero-order chi connectivity index (χ0) is 17.6. The number of ether oxygens (including phenoxy) is 1. The fourth-order valence-corrected chi connectivity index (χ4v) is 3.43. The molecular formula is C18H32IN5O2. The molecule has 1 aromatic rings. The molecule has 26 heavy (non-hydrogen) atoms. The number of guanidine groups is 1. The van der Waals surface area contributed by atoms with Gasteiger partial charge in [0.1, 0.15) is 6.54 Å². The molecular weight excluding hydrogens is 445 g/mol. The van der Waals surface area contributed by atoms with E-state index in [2.05, 4.69) is 41.0 Å². The Morgan fingerprint density at radius 3 is 2.77 bits per heavy atom. The normalized spacial score (nSPS) is 21.9. The number of likely N-dealkylation sites (tertiary alicyclic amines) is 1. The van der Waals surface area contributed by atoms with Gasteiger partial charge in [-0.15, -0.1) is 24.0 Å². The number of halogens is 1. The number of hydrogen-bond acceptors (Lipinski definition) is 5. The van der Waals surface area contributed by atoms with Crippen LogP contribution in [0.1, 0.15) is 44.6 Å². The van der Waals surface area contributed by atoms with Crippen molar-refractivity contribution >= 4 is 29.9 Å². The minimum atomic E-state index is 0. The van der Waals surface area contributed by atoms with Crippen LogP contribution in [0.15, 0.2) is 15.6 Å². The van der Waals surface area contributed by atoms with Crippen LogP contribution >= 0.6 is 24.0 Å². The molecule has 2 saturated heterocycles. The van der Waals surface area contributed by atoms with Crippen molar-refractivity contribution in [2.24, 2.45) is 4.99 Å². The lowest BCUT2D eigenvalue weighted by Gasteiger charge is -2.32. The maximum Gasteiger partial charge on any atom is 0.194 e. The van der Waals surface area contributed by atoms with Crippen molar-refractivity contribution in [1.29, 1.82) is 0 Å². The Kier molecular flexibility index (Phi) is 8.62. The van der Waals surface area contributed by atoms with Gasteiger partial charge in [-0.2, -0.15) is 0 Å². The molecule has 0 saturated carbocycles. The van der Waals surface area contributed by atoms with Crippen molar-refractivity contribution < 1.29 is 9.26 Å². The quantitative estimate of drug-likeness (QED) is 0.399. The third-order valence-electron chi connectivity index (χ3n) is 4.91. The van der Waals surface area contributed by atoms with Crippen LogP contribution in [0.2, 0.25) is 0 Å². The first-order chi connectivity index (χ1) is 12.2. The molecule has 8 heteroatoms. The molecule has 3 rings (SSSR count). The average molecular weight is 477 g/mol. The molecule has 2 aliphatic rings. The maximum absolute atomic E-state index is 5.47. The van der Waals surface area contributed by atoms with E-state index >= 15 is 0 Å². The van der Waals surface area contributed by atoms with E-state index in [1.54, 1.807) is 0 Å². The summed E-state index contributed by atoms with van der Waals surface area (Å²) in [6.45, 7) is 13.6. The van der Waals surface area contributed by atoms with Crippen LogP contribution < -0.4 is 5.32 Å². The molecule has 0 spiro atoms. The Morgan fingerprint density at radius 1 is 1.35 bits per heavy atom. The number of morpholine rings is 1. The number of nitrogens with zero attached hydrogens (tertiary/aromatic N) is 4. The van der Waals surface area contributed by atoms with E-state index in [4.69, 9.17) is 14.3 Å². The molecule has 7 nitrogen and oxygen atoms in total. The van der Waals surface area contributed by atoms with Crippen molar-refractivity contribution in [2.45, 2.75) is 45.7 Å². The first-order valence-corrected chi connectivity index (χ1v) is 9.48. The predicted octanol–water partition coefficient (Wildman–Crippen LogP) is 2.29. The number of aliphatic imine (C=N–C) groups is 1. The summed E-state index contributed by atoms with van der Waals surface area (Å²) in [7, 11) is 0. The first kappa shape index (κ1) is 21.4. The molecule has 1 aromatic heterocycles. The van der Waals surface area contributed by atoms with Gasteiger partial charge in [-0.1, -0.05) is 19.0 Å². The van der Waals surface area contributed by atoms with Crippen molar-refractivity contribution in [3.05, 3.63) is 17.5 Å². The molecule has 0 aliphatic carbocycles. The summed E-state index contributed by atoms with van der Waals surface area (Å²) in [5.41, 5.74) is 0.990. The summed E-state index contributed by atoms with van der Waals surface area (Å²) in [5, 5.41) is 7.53. The molecule has 0 radical (unpaired) electrons. The van der Waals surface area contributed by atoms with Gasteiger partial charge in [-0.05, 0) is 19.3 Å². The molecule has 0 amide bonds. The van der Waals surface area contributed by atoms with Crippen LogP contribution in [0, 0.1) is 0 Å². The molecule has 3 heterocycles. The number of nitrogens with one attached hydrogen (secondary N) is 1. The Bertz CT molecular complexity index is 572. The summed E-state index contributed by atoms with van der Waals surface area (Å²) < 4.78 is 10.9. The third-order valence-corrected chi connectivity index (χ3v) is 4.91. The van der Waals surface area contributed by atoms with Gasteiger partial charge < -0.3 is 19.5 Å². The highest BCUT2D eigenvalue weighted by molar-refractivity contribution is 14.0. The highest BCUT2D eigenvalue weighted by atomic mass is 127. The van der Waals surface area contributed by atoms with Gasteiger partial charge in [-0.3, -0.25) is 4.90 Å². The van der Waals surface area contributed by atoms with Gasteiger partial charge in [0.2, 0.25) is 0 Å². The third kappa shape index (κ3) is 5.56. The highest BCUT2D eigenvalue weighted by Crippen LogP contribution is 2.18. The molecule has 2 fully saturated rings. The second-order valence-electron chi connectivity index (χ2n) is 7.08. The Morgan fingerprint density at radius 2 is 2.12 bits per heavy atom. The van der Waals surface area contributed by atoms with Crippen LogP contribution in [0.25, 0.3) is 0 Å². The summed E-state index contributed by atoms with van der Waals surface area (Å²) in [6, 6.07) is 2.61. The molecule has 148 valence electrons. The van der Waals surface area contributed by atoms with Crippen molar-refractivity contribution in [3.63, 3.8) is 0 Å². The topological polar surface area (TPSA) is 66.1 Å². The Labute approximate surface area is 173 Å².